The second-order valence-corrected chi connectivity index (χ2v) is 7.56. The van der Waals surface area contributed by atoms with E-state index in [2.05, 4.69) is 22.8 Å². The normalized spacial score (nSPS) is 11.5. The number of non-ortho nitro benzene ring substituents is 1. The van der Waals surface area contributed by atoms with Crippen LogP contribution in [0.25, 0.3) is 22.6 Å². The number of aromatic nitrogens is 1. The quantitative estimate of drug-likeness (QED) is 0.222. The standard InChI is InChI=1S/C26H21N3O2/c1-18-7-11-21(12-8-18)22(16-27)15-25-19(2)28(26-6-4-3-5-24(25)26)17-20-9-13-23(14-10-20)29(30)31/h3-15H,17H2,1-2H3/b22-15-. The van der Waals surface area contributed by atoms with Gasteiger partial charge in [0, 0.05) is 40.8 Å². The molecule has 0 aliphatic carbocycles. The molecule has 0 saturated heterocycles. The SMILES string of the molecule is Cc1ccc(/C(C#N)=C\c2c(C)n(Cc3ccc([N+](=O)[O-])cc3)c3ccccc23)cc1. The van der Waals surface area contributed by atoms with E-state index in [4.69, 9.17) is 0 Å². The van der Waals surface area contributed by atoms with E-state index in [1.54, 1.807) is 12.1 Å². The number of nitro benzene ring substituents is 1. The Bertz CT molecular complexity index is 1340. The predicted octanol–water partition coefficient (Wildman–Crippen LogP) is 6.28. The second-order valence-electron chi connectivity index (χ2n) is 7.56. The van der Waals surface area contributed by atoms with Crippen LogP contribution in [0.3, 0.4) is 0 Å². The van der Waals surface area contributed by atoms with Gasteiger partial charge in [0.15, 0.2) is 0 Å². The van der Waals surface area contributed by atoms with Crippen LogP contribution in [-0.2, 0) is 6.54 Å². The molecule has 3 aromatic carbocycles. The molecule has 0 unspecified atom stereocenters. The first kappa shape index (κ1) is 20.1. The molecule has 4 rings (SSSR count). The Kier molecular flexibility index (Phi) is 5.38. The Labute approximate surface area is 180 Å². The summed E-state index contributed by atoms with van der Waals surface area (Å²) in [5.74, 6) is 0. The van der Waals surface area contributed by atoms with Crippen molar-refractivity contribution >= 4 is 28.2 Å². The Morgan fingerprint density at radius 1 is 1.03 bits per heavy atom. The smallest absolute Gasteiger partial charge is 0.269 e. The zero-order valence-corrected chi connectivity index (χ0v) is 17.4. The lowest BCUT2D eigenvalue weighted by molar-refractivity contribution is -0.384. The van der Waals surface area contributed by atoms with Crippen molar-refractivity contribution in [2.24, 2.45) is 0 Å². The second kappa shape index (κ2) is 8.29. The van der Waals surface area contributed by atoms with Crippen molar-refractivity contribution in [2.75, 3.05) is 0 Å². The van der Waals surface area contributed by atoms with Gasteiger partial charge in [0.1, 0.15) is 0 Å². The summed E-state index contributed by atoms with van der Waals surface area (Å²) in [6, 6.07) is 25.0. The fourth-order valence-corrected chi connectivity index (χ4v) is 3.81. The molecule has 0 bridgehead atoms. The number of hydrogen-bond acceptors (Lipinski definition) is 3. The van der Waals surface area contributed by atoms with Crippen LogP contribution in [0.4, 0.5) is 5.69 Å². The molecule has 0 saturated carbocycles. The summed E-state index contributed by atoms with van der Waals surface area (Å²) < 4.78 is 2.19. The van der Waals surface area contributed by atoms with E-state index < -0.39 is 4.92 Å². The molecule has 0 atom stereocenters. The van der Waals surface area contributed by atoms with Gasteiger partial charge >= 0.3 is 0 Å². The molecule has 0 amide bonds. The summed E-state index contributed by atoms with van der Waals surface area (Å²) in [5.41, 5.74) is 6.82. The molecular formula is C26H21N3O2. The molecule has 31 heavy (non-hydrogen) atoms. The number of allylic oxidation sites excluding steroid dienone is 1. The van der Waals surface area contributed by atoms with Crippen molar-refractivity contribution in [1.29, 1.82) is 5.26 Å². The Hall–Kier alpha value is -4.17. The minimum atomic E-state index is -0.391. The van der Waals surface area contributed by atoms with Gasteiger partial charge in [0.25, 0.3) is 5.69 Å². The van der Waals surface area contributed by atoms with Crippen LogP contribution >= 0.6 is 0 Å². The van der Waals surface area contributed by atoms with E-state index in [9.17, 15) is 15.4 Å². The third-order valence-corrected chi connectivity index (χ3v) is 5.54. The number of rotatable bonds is 5. The summed E-state index contributed by atoms with van der Waals surface area (Å²) >= 11 is 0. The highest BCUT2D eigenvalue weighted by Gasteiger charge is 2.14. The molecule has 1 aromatic heterocycles. The van der Waals surface area contributed by atoms with Crippen LogP contribution in [0.2, 0.25) is 0 Å². The van der Waals surface area contributed by atoms with Gasteiger partial charge in [-0.3, -0.25) is 10.1 Å². The number of nitro groups is 1. The topological polar surface area (TPSA) is 71.9 Å². The van der Waals surface area contributed by atoms with Gasteiger partial charge in [-0.2, -0.15) is 5.26 Å². The summed E-state index contributed by atoms with van der Waals surface area (Å²) in [4.78, 5) is 10.5. The lowest BCUT2D eigenvalue weighted by atomic mass is 10.0. The highest BCUT2D eigenvalue weighted by molar-refractivity contribution is 5.99. The maximum atomic E-state index is 10.9. The van der Waals surface area contributed by atoms with Crippen LogP contribution in [0.1, 0.15) is 27.9 Å². The van der Waals surface area contributed by atoms with Crippen molar-refractivity contribution in [3.8, 4) is 6.07 Å². The maximum absolute atomic E-state index is 10.9. The lowest BCUT2D eigenvalue weighted by Gasteiger charge is -2.09. The van der Waals surface area contributed by atoms with E-state index in [1.165, 1.54) is 12.1 Å². The van der Waals surface area contributed by atoms with Crippen molar-refractivity contribution in [3.63, 3.8) is 0 Å². The molecular weight excluding hydrogens is 386 g/mol. The molecule has 0 aliphatic rings. The summed E-state index contributed by atoms with van der Waals surface area (Å²) in [6.45, 7) is 4.65. The van der Waals surface area contributed by atoms with Crippen molar-refractivity contribution in [2.45, 2.75) is 20.4 Å². The van der Waals surface area contributed by atoms with Crippen LogP contribution < -0.4 is 0 Å². The minimum absolute atomic E-state index is 0.0817. The number of aryl methyl sites for hydroxylation is 1. The van der Waals surface area contributed by atoms with Crippen molar-refractivity contribution in [1.82, 2.24) is 4.57 Å². The number of fused-ring (bicyclic) bond motifs is 1. The zero-order valence-electron chi connectivity index (χ0n) is 17.4. The number of benzene rings is 3. The van der Waals surface area contributed by atoms with Gasteiger partial charge in [-0.25, -0.2) is 0 Å². The third kappa shape index (κ3) is 3.96. The van der Waals surface area contributed by atoms with Crippen molar-refractivity contribution < 1.29 is 4.92 Å². The molecule has 0 N–H and O–H groups in total. The molecule has 1 heterocycles. The first-order valence-electron chi connectivity index (χ1n) is 9.98. The molecule has 0 spiro atoms. The van der Waals surface area contributed by atoms with E-state index in [0.717, 1.165) is 38.9 Å². The van der Waals surface area contributed by atoms with Gasteiger partial charge in [-0.05, 0) is 37.1 Å². The molecule has 4 aromatic rings. The highest BCUT2D eigenvalue weighted by Crippen LogP contribution is 2.30. The molecule has 0 aliphatic heterocycles. The minimum Gasteiger partial charge on any atom is -0.340 e. The average molecular weight is 407 g/mol. The Morgan fingerprint density at radius 2 is 1.71 bits per heavy atom. The van der Waals surface area contributed by atoms with Crippen LogP contribution in [0.15, 0.2) is 72.8 Å². The number of para-hydroxylation sites is 1. The molecule has 5 heteroatoms. The first-order chi connectivity index (χ1) is 15.0. The summed E-state index contributed by atoms with van der Waals surface area (Å²) in [5, 5.41) is 21.8. The van der Waals surface area contributed by atoms with Gasteiger partial charge in [0.05, 0.1) is 16.6 Å². The van der Waals surface area contributed by atoms with E-state index in [-0.39, 0.29) is 5.69 Å². The van der Waals surface area contributed by atoms with Gasteiger partial charge in [-0.1, -0.05) is 60.2 Å². The van der Waals surface area contributed by atoms with Crippen molar-refractivity contribution in [3.05, 3.63) is 111 Å². The van der Waals surface area contributed by atoms with Gasteiger partial charge in [-0.15, -0.1) is 0 Å². The Balaban J connectivity index is 1.80. The third-order valence-electron chi connectivity index (χ3n) is 5.54. The molecule has 0 fully saturated rings. The number of nitriles is 1. The van der Waals surface area contributed by atoms with E-state index >= 15 is 0 Å². The maximum Gasteiger partial charge on any atom is 0.269 e. The lowest BCUT2D eigenvalue weighted by Crippen LogP contribution is -2.02. The first-order valence-corrected chi connectivity index (χ1v) is 9.98. The summed E-state index contributed by atoms with van der Waals surface area (Å²) in [7, 11) is 0. The predicted molar refractivity (Wildman–Crippen MR) is 124 cm³/mol. The van der Waals surface area contributed by atoms with Crippen LogP contribution in [-0.4, -0.2) is 9.49 Å². The highest BCUT2D eigenvalue weighted by atomic mass is 16.6. The van der Waals surface area contributed by atoms with Crippen LogP contribution in [0.5, 0.6) is 0 Å². The van der Waals surface area contributed by atoms with Gasteiger partial charge in [0.2, 0.25) is 0 Å². The van der Waals surface area contributed by atoms with Gasteiger partial charge < -0.3 is 4.57 Å². The monoisotopic (exact) mass is 407 g/mol. The Morgan fingerprint density at radius 3 is 2.35 bits per heavy atom. The largest absolute Gasteiger partial charge is 0.340 e. The average Bonchev–Trinajstić information content (AvgIpc) is 3.04. The van der Waals surface area contributed by atoms with E-state index in [1.807, 2.05) is 56.3 Å². The summed E-state index contributed by atoms with van der Waals surface area (Å²) in [6.07, 6.45) is 1.95. The molecule has 0 radical (unpaired) electrons. The van der Waals surface area contributed by atoms with E-state index in [0.29, 0.717) is 12.1 Å². The molecule has 5 nitrogen and oxygen atoms in total. The fraction of sp³-hybridized carbons (Fsp3) is 0.115. The number of nitrogens with zero attached hydrogens (tertiary/aromatic N) is 3. The zero-order chi connectivity index (χ0) is 22.0. The fourth-order valence-electron chi connectivity index (χ4n) is 3.81. The number of hydrogen-bond donors (Lipinski definition) is 0. The van der Waals surface area contributed by atoms with Crippen LogP contribution in [0, 0.1) is 35.3 Å². The molecule has 152 valence electrons.